The second kappa shape index (κ2) is 3.77. The first-order valence-corrected chi connectivity index (χ1v) is 6.50. The Labute approximate surface area is 114 Å². The van der Waals surface area contributed by atoms with Crippen molar-refractivity contribution in [3.05, 3.63) is 29.4 Å². The summed E-state index contributed by atoms with van der Waals surface area (Å²) in [5.41, 5.74) is 2.81. The Morgan fingerprint density at radius 1 is 1.32 bits per heavy atom. The number of nitrogens with zero attached hydrogens (tertiary/aromatic N) is 6. The van der Waals surface area contributed by atoms with E-state index in [0.717, 1.165) is 17.0 Å². The highest BCUT2D eigenvalue weighted by Gasteiger charge is 2.27. The fraction of sp³-hybridized carbons (Fsp3) is 0.333. The van der Waals surface area contributed by atoms with Crippen molar-refractivity contribution in [3.63, 3.8) is 0 Å². The maximum absolute atomic E-state index is 6.28. The summed E-state index contributed by atoms with van der Waals surface area (Å²) < 4.78 is 3.34. The lowest BCUT2D eigenvalue weighted by molar-refractivity contribution is 0.768. The van der Waals surface area contributed by atoms with Gasteiger partial charge in [0.15, 0.2) is 0 Å². The molecule has 1 fully saturated rings. The molecule has 0 spiro atoms. The molecular formula is C12H11ClN6. The number of aryl methyl sites for hydroxylation is 1. The van der Waals surface area contributed by atoms with Crippen LogP contribution in [-0.2, 0) is 7.05 Å². The van der Waals surface area contributed by atoms with Gasteiger partial charge in [-0.15, -0.1) is 0 Å². The highest BCUT2D eigenvalue weighted by Crippen LogP contribution is 2.40. The molecule has 0 bridgehead atoms. The summed E-state index contributed by atoms with van der Waals surface area (Å²) in [7, 11) is 1.81. The van der Waals surface area contributed by atoms with Crippen LogP contribution in [0.1, 0.15) is 24.5 Å². The summed E-state index contributed by atoms with van der Waals surface area (Å²) >= 11 is 6.28. The molecule has 0 aliphatic heterocycles. The van der Waals surface area contributed by atoms with Crippen LogP contribution < -0.4 is 0 Å². The van der Waals surface area contributed by atoms with Gasteiger partial charge in [0.25, 0.3) is 5.78 Å². The normalized spacial score (nSPS) is 15.3. The Bertz CT molecular complexity index is 770. The highest BCUT2D eigenvalue weighted by molar-refractivity contribution is 6.32. The maximum Gasteiger partial charge on any atom is 0.252 e. The van der Waals surface area contributed by atoms with Gasteiger partial charge in [-0.3, -0.25) is 4.68 Å². The Kier molecular flexibility index (Phi) is 2.17. The van der Waals surface area contributed by atoms with E-state index in [1.165, 1.54) is 19.2 Å². The third kappa shape index (κ3) is 1.63. The zero-order chi connectivity index (χ0) is 13.0. The molecule has 3 aromatic heterocycles. The van der Waals surface area contributed by atoms with E-state index < -0.39 is 0 Å². The fourth-order valence-corrected chi connectivity index (χ4v) is 2.39. The molecule has 0 amide bonds. The molecule has 0 N–H and O–H groups in total. The second-order valence-electron chi connectivity index (χ2n) is 4.79. The lowest BCUT2D eigenvalue weighted by Gasteiger charge is -2.05. The van der Waals surface area contributed by atoms with Gasteiger partial charge in [-0.2, -0.15) is 19.7 Å². The van der Waals surface area contributed by atoms with Crippen molar-refractivity contribution in [1.82, 2.24) is 29.4 Å². The topological polar surface area (TPSA) is 60.9 Å². The average molecular weight is 275 g/mol. The van der Waals surface area contributed by atoms with Crippen molar-refractivity contribution in [2.75, 3.05) is 0 Å². The number of halogens is 1. The minimum Gasteiger partial charge on any atom is -0.256 e. The molecular weight excluding hydrogens is 264 g/mol. The molecule has 1 aliphatic rings. The minimum atomic E-state index is 0.552. The number of fused-ring (bicyclic) bond motifs is 1. The minimum absolute atomic E-state index is 0.552. The summed E-state index contributed by atoms with van der Waals surface area (Å²) in [6, 6.07) is 2.04. The van der Waals surface area contributed by atoms with Gasteiger partial charge < -0.3 is 0 Å². The first kappa shape index (κ1) is 10.9. The van der Waals surface area contributed by atoms with Crippen molar-refractivity contribution in [1.29, 1.82) is 0 Å². The maximum atomic E-state index is 6.28. The summed E-state index contributed by atoms with van der Waals surface area (Å²) in [6.45, 7) is 0. The fourth-order valence-electron chi connectivity index (χ4n) is 2.21. The van der Waals surface area contributed by atoms with Gasteiger partial charge >= 0.3 is 0 Å². The SMILES string of the molecule is Cn1ncc(-c2cc(C3CC3)nc3ncnn23)c1Cl. The van der Waals surface area contributed by atoms with E-state index in [4.69, 9.17) is 11.6 Å². The van der Waals surface area contributed by atoms with Gasteiger partial charge in [-0.1, -0.05) is 11.6 Å². The number of hydrogen-bond acceptors (Lipinski definition) is 4. The first-order chi connectivity index (χ1) is 9.24. The van der Waals surface area contributed by atoms with Crippen LogP contribution >= 0.6 is 11.6 Å². The van der Waals surface area contributed by atoms with Crippen LogP contribution in [0, 0.1) is 0 Å². The lowest BCUT2D eigenvalue weighted by Crippen LogP contribution is -2.00. The Hall–Kier alpha value is -1.95. The third-order valence-corrected chi connectivity index (χ3v) is 3.86. The number of aromatic nitrogens is 6. The van der Waals surface area contributed by atoms with E-state index in [-0.39, 0.29) is 0 Å². The molecule has 0 aromatic carbocycles. The molecule has 3 heterocycles. The van der Waals surface area contributed by atoms with Crippen molar-refractivity contribution in [2.24, 2.45) is 7.05 Å². The molecule has 1 saturated carbocycles. The van der Waals surface area contributed by atoms with Gasteiger partial charge in [0.1, 0.15) is 11.5 Å². The van der Waals surface area contributed by atoms with Crippen LogP contribution in [0.5, 0.6) is 0 Å². The zero-order valence-electron chi connectivity index (χ0n) is 10.3. The van der Waals surface area contributed by atoms with Crippen LogP contribution in [0.25, 0.3) is 17.0 Å². The van der Waals surface area contributed by atoms with E-state index in [9.17, 15) is 0 Å². The zero-order valence-corrected chi connectivity index (χ0v) is 11.0. The quantitative estimate of drug-likeness (QED) is 0.718. The molecule has 3 aromatic rings. The molecule has 0 saturated heterocycles. The molecule has 4 rings (SSSR count). The van der Waals surface area contributed by atoms with Gasteiger partial charge in [0.05, 0.1) is 17.5 Å². The van der Waals surface area contributed by atoms with Crippen LogP contribution in [0.15, 0.2) is 18.6 Å². The first-order valence-electron chi connectivity index (χ1n) is 6.12. The molecule has 0 radical (unpaired) electrons. The van der Waals surface area contributed by atoms with Crippen LogP contribution in [-0.4, -0.2) is 29.4 Å². The molecule has 6 nitrogen and oxygen atoms in total. The van der Waals surface area contributed by atoms with E-state index in [1.54, 1.807) is 15.4 Å². The summed E-state index contributed by atoms with van der Waals surface area (Å²) in [6.07, 6.45) is 5.64. The second-order valence-corrected chi connectivity index (χ2v) is 5.14. The summed E-state index contributed by atoms with van der Waals surface area (Å²) in [5, 5.41) is 8.98. The molecule has 0 atom stereocenters. The molecule has 96 valence electrons. The predicted molar refractivity (Wildman–Crippen MR) is 70.0 cm³/mol. The van der Waals surface area contributed by atoms with E-state index >= 15 is 0 Å². The Balaban J connectivity index is 2.01. The van der Waals surface area contributed by atoms with Gasteiger partial charge in [-0.05, 0) is 18.9 Å². The van der Waals surface area contributed by atoms with Crippen LogP contribution in [0.2, 0.25) is 5.15 Å². The molecule has 19 heavy (non-hydrogen) atoms. The molecule has 1 aliphatic carbocycles. The van der Waals surface area contributed by atoms with Gasteiger partial charge in [-0.25, -0.2) is 4.98 Å². The number of rotatable bonds is 2. The van der Waals surface area contributed by atoms with Crippen molar-refractivity contribution in [2.45, 2.75) is 18.8 Å². The number of hydrogen-bond donors (Lipinski definition) is 0. The Morgan fingerprint density at radius 3 is 2.84 bits per heavy atom. The summed E-state index contributed by atoms with van der Waals surface area (Å²) in [5.74, 6) is 1.16. The highest BCUT2D eigenvalue weighted by atomic mass is 35.5. The van der Waals surface area contributed by atoms with Crippen molar-refractivity contribution in [3.8, 4) is 11.3 Å². The lowest BCUT2D eigenvalue weighted by atomic mass is 10.2. The van der Waals surface area contributed by atoms with Crippen LogP contribution in [0.4, 0.5) is 0 Å². The smallest absolute Gasteiger partial charge is 0.252 e. The standard InChI is InChI=1S/C12H11ClN6/c1-18-11(13)8(5-15-18)10-4-9(7-2-3-7)17-12-14-6-16-19(10)12/h4-7H,2-3H2,1H3. The van der Waals surface area contributed by atoms with Gasteiger partial charge in [0.2, 0.25) is 0 Å². The van der Waals surface area contributed by atoms with E-state index in [1.807, 2.05) is 13.1 Å². The Morgan fingerprint density at radius 2 is 2.16 bits per heavy atom. The van der Waals surface area contributed by atoms with Crippen LogP contribution in [0.3, 0.4) is 0 Å². The molecule has 0 unspecified atom stereocenters. The van der Waals surface area contributed by atoms with E-state index in [0.29, 0.717) is 16.8 Å². The van der Waals surface area contributed by atoms with Crippen molar-refractivity contribution >= 4 is 17.4 Å². The monoisotopic (exact) mass is 274 g/mol. The average Bonchev–Trinajstić information content (AvgIpc) is 3.07. The molecule has 7 heteroatoms. The van der Waals surface area contributed by atoms with Gasteiger partial charge in [0, 0.05) is 18.7 Å². The van der Waals surface area contributed by atoms with E-state index in [2.05, 4.69) is 20.2 Å². The van der Waals surface area contributed by atoms with Crippen molar-refractivity contribution < 1.29 is 0 Å². The largest absolute Gasteiger partial charge is 0.256 e. The third-order valence-electron chi connectivity index (χ3n) is 3.41. The predicted octanol–water partition coefficient (Wildman–Crippen LogP) is 2.06. The summed E-state index contributed by atoms with van der Waals surface area (Å²) in [4.78, 5) is 8.72.